The maximum Gasteiger partial charge on any atom is 0.0922 e. The second kappa shape index (κ2) is 3.60. The van der Waals surface area contributed by atoms with E-state index in [0.29, 0.717) is 0 Å². The number of epoxide rings is 1. The summed E-state index contributed by atoms with van der Waals surface area (Å²) < 4.78 is 5.73. The van der Waals surface area contributed by atoms with E-state index in [4.69, 9.17) is 4.74 Å². The number of rotatable bonds is 1. The van der Waals surface area contributed by atoms with Gasteiger partial charge in [-0.1, -0.05) is 25.0 Å². The highest BCUT2D eigenvalue weighted by atomic mass is 16.6. The molecule has 0 amide bonds. The molecule has 0 unspecified atom stereocenters. The molecule has 1 heterocycles. The fourth-order valence-corrected chi connectivity index (χ4v) is 4.09. The Labute approximate surface area is 99.3 Å². The van der Waals surface area contributed by atoms with Gasteiger partial charge in [-0.05, 0) is 56.8 Å². The summed E-state index contributed by atoms with van der Waals surface area (Å²) in [6.07, 6.45) is 8.12. The van der Waals surface area contributed by atoms with E-state index in [1.165, 1.54) is 25.7 Å². The van der Waals surface area contributed by atoms with Crippen LogP contribution in [0.3, 0.4) is 0 Å². The van der Waals surface area contributed by atoms with Crippen molar-refractivity contribution >= 4 is 0 Å². The first-order valence-corrected chi connectivity index (χ1v) is 6.91. The molecule has 0 aromatic carbocycles. The van der Waals surface area contributed by atoms with Crippen molar-refractivity contribution in [3.05, 3.63) is 11.6 Å². The number of hydrogen-bond acceptors (Lipinski definition) is 1. The second-order valence-corrected chi connectivity index (χ2v) is 6.56. The van der Waals surface area contributed by atoms with Gasteiger partial charge in [-0.3, -0.25) is 0 Å². The maximum atomic E-state index is 5.73. The van der Waals surface area contributed by atoms with E-state index in [9.17, 15) is 0 Å². The first-order valence-electron chi connectivity index (χ1n) is 6.91. The molecule has 3 rings (SSSR count). The molecule has 0 bridgehead atoms. The molecule has 16 heavy (non-hydrogen) atoms. The number of hydrogen-bond donors (Lipinski definition) is 0. The minimum atomic E-state index is 0.233. The molecule has 1 aliphatic heterocycles. The first-order chi connectivity index (χ1) is 7.60. The van der Waals surface area contributed by atoms with Gasteiger partial charge in [0.15, 0.2) is 0 Å². The topological polar surface area (TPSA) is 12.5 Å². The third-order valence-corrected chi connectivity index (χ3v) is 5.36. The Balaban J connectivity index is 1.87. The zero-order valence-corrected chi connectivity index (χ0v) is 10.8. The Morgan fingerprint density at radius 3 is 2.75 bits per heavy atom. The molecular weight excluding hydrogens is 196 g/mol. The van der Waals surface area contributed by atoms with Crippen molar-refractivity contribution in [1.29, 1.82) is 0 Å². The summed E-state index contributed by atoms with van der Waals surface area (Å²) in [5.41, 5.74) is 1.85. The highest BCUT2D eigenvalue weighted by Crippen LogP contribution is 2.53. The van der Waals surface area contributed by atoms with Gasteiger partial charge in [0.25, 0.3) is 0 Å². The molecule has 1 heteroatoms. The van der Waals surface area contributed by atoms with Crippen molar-refractivity contribution in [2.45, 2.75) is 52.1 Å². The highest BCUT2D eigenvalue weighted by Gasteiger charge is 2.53. The molecule has 90 valence electrons. The van der Waals surface area contributed by atoms with E-state index >= 15 is 0 Å². The van der Waals surface area contributed by atoms with E-state index in [1.54, 1.807) is 5.57 Å². The molecule has 1 saturated carbocycles. The van der Waals surface area contributed by atoms with Crippen LogP contribution in [0.5, 0.6) is 0 Å². The molecule has 0 aromatic heterocycles. The van der Waals surface area contributed by atoms with Gasteiger partial charge in [0, 0.05) is 0 Å². The fourth-order valence-electron chi connectivity index (χ4n) is 4.09. The summed E-state index contributed by atoms with van der Waals surface area (Å²) in [4.78, 5) is 0. The van der Waals surface area contributed by atoms with Crippen molar-refractivity contribution < 1.29 is 4.74 Å². The van der Waals surface area contributed by atoms with Crippen LogP contribution in [-0.4, -0.2) is 12.2 Å². The molecular formula is C15H24O. The van der Waals surface area contributed by atoms with Gasteiger partial charge in [0.05, 0.1) is 12.2 Å². The Bertz CT molecular complexity index is 313. The van der Waals surface area contributed by atoms with Crippen LogP contribution in [0.1, 0.15) is 46.5 Å². The summed E-state index contributed by atoms with van der Waals surface area (Å²) in [5.74, 6) is 3.46. The van der Waals surface area contributed by atoms with Gasteiger partial charge in [-0.25, -0.2) is 0 Å². The first kappa shape index (κ1) is 10.8. The van der Waals surface area contributed by atoms with E-state index < -0.39 is 0 Å². The molecule has 2 fully saturated rings. The molecule has 0 spiro atoms. The number of ether oxygens (including phenoxy) is 1. The van der Waals surface area contributed by atoms with Crippen molar-refractivity contribution in [1.82, 2.24) is 0 Å². The second-order valence-electron chi connectivity index (χ2n) is 6.56. The van der Waals surface area contributed by atoms with Crippen molar-refractivity contribution in [2.75, 3.05) is 6.61 Å². The SMILES string of the molecule is CC1=C[C@H]2[C@@H](CC1)[C@H](C)CC[C@H]2[C@@]1(C)CO1. The van der Waals surface area contributed by atoms with Crippen LogP contribution < -0.4 is 0 Å². The summed E-state index contributed by atoms with van der Waals surface area (Å²) in [5, 5.41) is 0. The Morgan fingerprint density at radius 2 is 2.06 bits per heavy atom. The van der Waals surface area contributed by atoms with Crippen LogP contribution in [0.2, 0.25) is 0 Å². The number of allylic oxidation sites excluding steroid dienone is 2. The minimum Gasteiger partial charge on any atom is -0.370 e. The molecule has 1 saturated heterocycles. The third-order valence-electron chi connectivity index (χ3n) is 5.36. The fraction of sp³-hybridized carbons (Fsp3) is 0.867. The lowest BCUT2D eigenvalue weighted by molar-refractivity contribution is 0.0637. The number of fused-ring (bicyclic) bond motifs is 1. The van der Waals surface area contributed by atoms with Gasteiger partial charge in [0.1, 0.15) is 0 Å². The lowest BCUT2D eigenvalue weighted by atomic mass is 9.60. The van der Waals surface area contributed by atoms with E-state index in [1.807, 2.05) is 0 Å². The quantitative estimate of drug-likeness (QED) is 0.484. The summed E-state index contributed by atoms with van der Waals surface area (Å²) >= 11 is 0. The maximum absolute atomic E-state index is 5.73. The van der Waals surface area contributed by atoms with Gasteiger partial charge >= 0.3 is 0 Å². The van der Waals surface area contributed by atoms with Crippen LogP contribution in [0.4, 0.5) is 0 Å². The summed E-state index contributed by atoms with van der Waals surface area (Å²) in [7, 11) is 0. The summed E-state index contributed by atoms with van der Waals surface area (Å²) in [6, 6.07) is 0. The van der Waals surface area contributed by atoms with Crippen LogP contribution in [0.25, 0.3) is 0 Å². The average molecular weight is 220 g/mol. The molecule has 5 atom stereocenters. The monoisotopic (exact) mass is 220 g/mol. The van der Waals surface area contributed by atoms with Crippen LogP contribution in [-0.2, 0) is 4.74 Å². The van der Waals surface area contributed by atoms with Crippen molar-refractivity contribution in [3.8, 4) is 0 Å². The van der Waals surface area contributed by atoms with E-state index in [2.05, 4.69) is 26.8 Å². The van der Waals surface area contributed by atoms with Crippen LogP contribution >= 0.6 is 0 Å². The lowest BCUT2D eigenvalue weighted by Gasteiger charge is -2.45. The predicted molar refractivity (Wildman–Crippen MR) is 66.2 cm³/mol. The Kier molecular flexibility index (Phi) is 2.43. The lowest BCUT2D eigenvalue weighted by Crippen LogP contribution is -2.40. The Morgan fingerprint density at radius 1 is 1.31 bits per heavy atom. The van der Waals surface area contributed by atoms with Crippen LogP contribution in [0, 0.1) is 23.7 Å². The summed E-state index contributed by atoms with van der Waals surface area (Å²) in [6.45, 7) is 8.09. The minimum absolute atomic E-state index is 0.233. The van der Waals surface area contributed by atoms with Crippen LogP contribution in [0.15, 0.2) is 11.6 Å². The van der Waals surface area contributed by atoms with E-state index in [0.717, 1.165) is 30.3 Å². The van der Waals surface area contributed by atoms with Gasteiger partial charge < -0.3 is 4.74 Å². The van der Waals surface area contributed by atoms with E-state index in [-0.39, 0.29) is 5.60 Å². The normalized spacial score (nSPS) is 51.8. The highest BCUT2D eigenvalue weighted by molar-refractivity contribution is 5.14. The molecule has 0 aromatic rings. The predicted octanol–water partition coefficient (Wildman–Crippen LogP) is 3.79. The zero-order valence-electron chi connectivity index (χ0n) is 10.8. The molecule has 3 aliphatic rings. The molecule has 2 aliphatic carbocycles. The van der Waals surface area contributed by atoms with Crippen molar-refractivity contribution in [3.63, 3.8) is 0 Å². The third kappa shape index (κ3) is 1.64. The molecule has 0 N–H and O–H groups in total. The molecule has 1 nitrogen and oxygen atoms in total. The average Bonchev–Trinajstić information content (AvgIpc) is 2.97. The Hall–Kier alpha value is -0.300. The van der Waals surface area contributed by atoms with Gasteiger partial charge in [-0.2, -0.15) is 0 Å². The van der Waals surface area contributed by atoms with Crippen molar-refractivity contribution in [2.24, 2.45) is 23.7 Å². The standard InChI is InChI=1S/C15H24O/c1-10-4-6-12-11(2)5-7-14(13(12)8-10)15(3)9-16-15/h8,11-14H,4-7,9H2,1-3H3/t11-,12+,13+,14-,15-/m1/s1. The van der Waals surface area contributed by atoms with Gasteiger partial charge in [0.2, 0.25) is 0 Å². The largest absolute Gasteiger partial charge is 0.370 e. The smallest absolute Gasteiger partial charge is 0.0922 e. The molecule has 0 radical (unpaired) electrons. The van der Waals surface area contributed by atoms with Gasteiger partial charge in [-0.15, -0.1) is 0 Å². The zero-order chi connectivity index (χ0) is 11.3.